The third-order valence-corrected chi connectivity index (χ3v) is 5.79. The second-order valence-electron chi connectivity index (χ2n) is 6.19. The van der Waals surface area contributed by atoms with E-state index >= 15 is 0 Å². The first-order valence-electron chi connectivity index (χ1n) is 7.73. The molecule has 0 saturated carbocycles. The number of rotatable bonds is 5. The van der Waals surface area contributed by atoms with Crippen LogP contribution in [0.15, 0.2) is 24.3 Å². The molecule has 1 aliphatic heterocycles. The zero-order valence-corrected chi connectivity index (χ0v) is 15.1. The number of halogens is 1. The Hall–Kier alpha value is -1.11. The highest BCUT2D eigenvalue weighted by Gasteiger charge is 2.26. The number of carbonyl (C=O) groups excluding carboxylic acids is 1. The summed E-state index contributed by atoms with van der Waals surface area (Å²) in [5.41, 5.74) is 0.694. The number of amides is 1. The SMILES string of the molecule is CC1CCN(C(=O)CN(Cc2ccccc2Cl)S(C)(=O)=O)CC1. The third-order valence-electron chi connectivity index (χ3n) is 4.22. The maximum absolute atomic E-state index is 12.4. The number of benzene rings is 1. The molecular weight excluding hydrogens is 336 g/mol. The molecule has 23 heavy (non-hydrogen) atoms. The summed E-state index contributed by atoms with van der Waals surface area (Å²) in [5.74, 6) is 0.475. The monoisotopic (exact) mass is 358 g/mol. The molecule has 0 radical (unpaired) electrons. The van der Waals surface area contributed by atoms with E-state index in [1.165, 1.54) is 4.31 Å². The van der Waals surface area contributed by atoms with Gasteiger partial charge in [-0.2, -0.15) is 4.31 Å². The van der Waals surface area contributed by atoms with Gasteiger partial charge in [-0.3, -0.25) is 4.79 Å². The molecule has 0 spiro atoms. The zero-order valence-electron chi connectivity index (χ0n) is 13.5. The van der Waals surface area contributed by atoms with E-state index in [0.29, 0.717) is 29.6 Å². The van der Waals surface area contributed by atoms with Crippen molar-refractivity contribution in [2.45, 2.75) is 26.3 Å². The van der Waals surface area contributed by atoms with Crippen LogP contribution in [0, 0.1) is 5.92 Å². The molecule has 1 amide bonds. The molecule has 1 saturated heterocycles. The van der Waals surface area contributed by atoms with Gasteiger partial charge in [0.15, 0.2) is 0 Å². The summed E-state index contributed by atoms with van der Waals surface area (Å²) >= 11 is 6.10. The first-order chi connectivity index (χ1) is 10.8. The lowest BCUT2D eigenvalue weighted by molar-refractivity contribution is -0.132. The Labute approximate surface area is 143 Å². The van der Waals surface area contributed by atoms with Crippen molar-refractivity contribution in [1.82, 2.24) is 9.21 Å². The summed E-state index contributed by atoms with van der Waals surface area (Å²) in [7, 11) is -3.50. The molecule has 7 heteroatoms. The van der Waals surface area contributed by atoms with E-state index in [-0.39, 0.29) is 19.0 Å². The second kappa shape index (κ2) is 7.64. The van der Waals surface area contributed by atoms with E-state index in [1.54, 1.807) is 29.2 Å². The predicted molar refractivity (Wildman–Crippen MR) is 91.7 cm³/mol. The van der Waals surface area contributed by atoms with E-state index in [2.05, 4.69) is 6.92 Å². The summed E-state index contributed by atoms with van der Waals surface area (Å²) in [6, 6.07) is 7.07. The van der Waals surface area contributed by atoms with Crippen LogP contribution in [0.2, 0.25) is 5.02 Å². The predicted octanol–water partition coefficient (Wildman–Crippen LogP) is 2.36. The molecule has 5 nitrogen and oxygen atoms in total. The number of hydrogen-bond donors (Lipinski definition) is 0. The Bertz CT molecular complexity index is 655. The topological polar surface area (TPSA) is 57.7 Å². The molecular formula is C16H23ClN2O3S. The molecule has 0 unspecified atom stereocenters. The fraction of sp³-hybridized carbons (Fsp3) is 0.562. The van der Waals surface area contributed by atoms with Crippen LogP contribution in [0.4, 0.5) is 0 Å². The highest BCUT2D eigenvalue weighted by Crippen LogP contribution is 2.20. The molecule has 1 aliphatic rings. The Morgan fingerprint density at radius 2 is 1.91 bits per heavy atom. The molecule has 0 bridgehead atoms. The molecule has 1 aromatic rings. The van der Waals surface area contributed by atoms with Gasteiger partial charge in [0.1, 0.15) is 0 Å². The molecule has 1 aromatic carbocycles. The average Bonchev–Trinajstić information content (AvgIpc) is 2.48. The molecule has 0 aromatic heterocycles. The molecule has 1 fully saturated rings. The first kappa shape index (κ1) is 18.2. The second-order valence-corrected chi connectivity index (χ2v) is 8.58. The van der Waals surface area contributed by atoms with Crippen LogP contribution in [0.3, 0.4) is 0 Å². The number of nitrogens with zero attached hydrogens (tertiary/aromatic N) is 2. The standard InChI is InChI=1S/C16H23ClN2O3S/c1-13-7-9-18(10-8-13)16(20)12-19(23(2,21)22)11-14-5-3-4-6-15(14)17/h3-6,13H,7-12H2,1-2H3. The van der Waals surface area contributed by atoms with Crippen molar-refractivity contribution in [3.63, 3.8) is 0 Å². The smallest absolute Gasteiger partial charge is 0.237 e. The number of likely N-dealkylation sites (tertiary alicyclic amines) is 1. The number of sulfonamides is 1. The Kier molecular flexibility index (Phi) is 6.06. The minimum Gasteiger partial charge on any atom is -0.342 e. The first-order valence-corrected chi connectivity index (χ1v) is 9.96. The van der Waals surface area contributed by atoms with Crippen molar-refractivity contribution in [3.05, 3.63) is 34.9 Å². The van der Waals surface area contributed by atoms with Gasteiger partial charge >= 0.3 is 0 Å². The molecule has 128 valence electrons. The van der Waals surface area contributed by atoms with E-state index < -0.39 is 10.0 Å². The van der Waals surface area contributed by atoms with E-state index in [9.17, 15) is 13.2 Å². The maximum Gasteiger partial charge on any atom is 0.237 e. The highest BCUT2D eigenvalue weighted by atomic mass is 35.5. The summed E-state index contributed by atoms with van der Waals surface area (Å²) in [6.07, 6.45) is 3.06. The van der Waals surface area contributed by atoms with Gasteiger partial charge < -0.3 is 4.90 Å². The Morgan fingerprint density at radius 3 is 2.48 bits per heavy atom. The minimum atomic E-state index is -3.50. The van der Waals surface area contributed by atoms with Crippen LogP contribution in [-0.4, -0.2) is 49.4 Å². The van der Waals surface area contributed by atoms with E-state index in [4.69, 9.17) is 11.6 Å². The highest BCUT2D eigenvalue weighted by molar-refractivity contribution is 7.88. The van der Waals surface area contributed by atoms with Crippen LogP contribution < -0.4 is 0 Å². The number of hydrogen-bond acceptors (Lipinski definition) is 3. The van der Waals surface area contributed by atoms with Crippen LogP contribution in [0.5, 0.6) is 0 Å². The van der Waals surface area contributed by atoms with Crippen LogP contribution in [0.25, 0.3) is 0 Å². The summed E-state index contributed by atoms with van der Waals surface area (Å²) in [6.45, 7) is 3.53. The average molecular weight is 359 g/mol. The van der Waals surface area contributed by atoms with Gasteiger partial charge in [-0.05, 0) is 30.4 Å². The fourth-order valence-corrected chi connectivity index (χ4v) is 3.53. The van der Waals surface area contributed by atoms with Gasteiger partial charge in [-0.25, -0.2) is 8.42 Å². The van der Waals surface area contributed by atoms with Gasteiger partial charge in [0.05, 0.1) is 12.8 Å². The van der Waals surface area contributed by atoms with Gasteiger partial charge in [-0.15, -0.1) is 0 Å². The van der Waals surface area contributed by atoms with Gasteiger partial charge in [0, 0.05) is 24.7 Å². The van der Waals surface area contributed by atoms with Crippen molar-refractivity contribution < 1.29 is 13.2 Å². The van der Waals surface area contributed by atoms with E-state index in [0.717, 1.165) is 19.1 Å². The molecule has 1 heterocycles. The lowest BCUT2D eigenvalue weighted by Crippen LogP contribution is -2.45. The van der Waals surface area contributed by atoms with Crippen molar-refractivity contribution in [2.75, 3.05) is 25.9 Å². The van der Waals surface area contributed by atoms with Gasteiger partial charge in [-0.1, -0.05) is 36.7 Å². The molecule has 0 aliphatic carbocycles. The van der Waals surface area contributed by atoms with Gasteiger partial charge in [0.25, 0.3) is 0 Å². The lowest BCUT2D eigenvalue weighted by Gasteiger charge is -2.32. The van der Waals surface area contributed by atoms with Crippen molar-refractivity contribution in [3.8, 4) is 0 Å². The normalized spacial score (nSPS) is 16.8. The van der Waals surface area contributed by atoms with Crippen molar-refractivity contribution in [2.24, 2.45) is 5.92 Å². The van der Waals surface area contributed by atoms with Crippen LogP contribution >= 0.6 is 11.6 Å². The van der Waals surface area contributed by atoms with Crippen LogP contribution in [-0.2, 0) is 21.4 Å². The largest absolute Gasteiger partial charge is 0.342 e. The summed E-state index contributed by atoms with van der Waals surface area (Å²) < 4.78 is 25.2. The fourth-order valence-electron chi connectivity index (χ4n) is 2.62. The Morgan fingerprint density at radius 1 is 1.30 bits per heavy atom. The summed E-state index contributed by atoms with van der Waals surface area (Å²) in [4.78, 5) is 14.2. The van der Waals surface area contributed by atoms with Crippen LogP contribution in [0.1, 0.15) is 25.3 Å². The van der Waals surface area contributed by atoms with Crippen molar-refractivity contribution >= 4 is 27.5 Å². The quantitative estimate of drug-likeness (QED) is 0.811. The van der Waals surface area contributed by atoms with Crippen molar-refractivity contribution in [1.29, 1.82) is 0 Å². The van der Waals surface area contributed by atoms with E-state index in [1.807, 2.05) is 0 Å². The number of carbonyl (C=O) groups is 1. The third kappa shape index (κ3) is 5.19. The Balaban J connectivity index is 2.08. The summed E-state index contributed by atoms with van der Waals surface area (Å²) in [5, 5.41) is 0.500. The minimum absolute atomic E-state index is 0.106. The molecule has 0 atom stereocenters. The number of piperidine rings is 1. The maximum atomic E-state index is 12.4. The lowest BCUT2D eigenvalue weighted by atomic mass is 9.99. The molecule has 2 rings (SSSR count). The van der Waals surface area contributed by atoms with Gasteiger partial charge in [0.2, 0.25) is 15.9 Å². The molecule has 0 N–H and O–H groups in total. The zero-order chi connectivity index (χ0) is 17.0.